The SMILES string of the molecule is CS(=O)(=O)N1CCn2c(c(-c3cn[nH]c3)c3ccc(Cl)c(Cl)c32)C1. The summed E-state index contributed by atoms with van der Waals surface area (Å²) >= 11 is 12.7. The summed E-state index contributed by atoms with van der Waals surface area (Å²) in [6.45, 7) is 1.22. The molecule has 1 aliphatic heterocycles. The molecule has 1 aliphatic rings. The van der Waals surface area contributed by atoms with Crippen LogP contribution >= 0.6 is 23.2 Å². The van der Waals surface area contributed by atoms with E-state index < -0.39 is 10.0 Å². The molecule has 0 atom stereocenters. The molecular weight excluding hydrogens is 371 g/mol. The van der Waals surface area contributed by atoms with Gasteiger partial charge in [0.15, 0.2) is 0 Å². The fourth-order valence-electron chi connectivity index (χ4n) is 3.29. The van der Waals surface area contributed by atoms with Crippen molar-refractivity contribution in [1.82, 2.24) is 19.1 Å². The monoisotopic (exact) mass is 384 g/mol. The highest BCUT2D eigenvalue weighted by molar-refractivity contribution is 7.88. The first-order valence-electron chi connectivity index (χ1n) is 7.31. The van der Waals surface area contributed by atoms with Crippen LogP contribution in [-0.4, -0.2) is 40.3 Å². The van der Waals surface area contributed by atoms with Gasteiger partial charge in [0.1, 0.15) is 0 Å². The first-order chi connectivity index (χ1) is 11.4. The number of fused-ring (bicyclic) bond motifs is 3. The van der Waals surface area contributed by atoms with Crippen LogP contribution in [0.1, 0.15) is 5.69 Å². The lowest BCUT2D eigenvalue weighted by Gasteiger charge is -2.27. The number of hydrogen-bond acceptors (Lipinski definition) is 3. The van der Waals surface area contributed by atoms with Crippen molar-refractivity contribution in [2.75, 3.05) is 12.8 Å². The van der Waals surface area contributed by atoms with Gasteiger partial charge in [-0.2, -0.15) is 9.40 Å². The average molecular weight is 385 g/mol. The van der Waals surface area contributed by atoms with Gasteiger partial charge in [-0.25, -0.2) is 8.42 Å². The second-order valence-corrected chi connectivity index (χ2v) is 8.58. The molecule has 0 unspecified atom stereocenters. The fraction of sp³-hybridized carbons (Fsp3) is 0.267. The van der Waals surface area contributed by atoms with Crippen molar-refractivity contribution in [3.8, 4) is 11.1 Å². The number of aromatic amines is 1. The van der Waals surface area contributed by atoms with Crippen LogP contribution < -0.4 is 0 Å². The summed E-state index contributed by atoms with van der Waals surface area (Å²) in [6.07, 6.45) is 4.74. The molecule has 0 bridgehead atoms. The largest absolute Gasteiger partial charge is 0.340 e. The summed E-state index contributed by atoms with van der Waals surface area (Å²) < 4.78 is 27.5. The summed E-state index contributed by atoms with van der Waals surface area (Å²) in [5, 5.41) is 8.73. The molecule has 24 heavy (non-hydrogen) atoms. The van der Waals surface area contributed by atoms with Gasteiger partial charge in [0.25, 0.3) is 0 Å². The Morgan fingerprint density at radius 3 is 2.71 bits per heavy atom. The van der Waals surface area contributed by atoms with Crippen LogP contribution in [0.5, 0.6) is 0 Å². The maximum Gasteiger partial charge on any atom is 0.211 e. The minimum absolute atomic E-state index is 0.294. The van der Waals surface area contributed by atoms with Gasteiger partial charge in [-0.15, -0.1) is 0 Å². The molecular formula is C15H14Cl2N4O2S. The molecule has 0 spiro atoms. The minimum Gasteiger partial charge on any atom is -0.340 e. The molecule has 0 radical (unpaired) electrons. The van der Waals surface area contributed by atoms with Crippen LogP contribution in [0, 0.1) is 0 Å². The molecule has 0 saturated carbocycles. The highest BCUT2D eigenvalue weighted by Crippen LogP contribution is 2.42. The number of hydrogen-bond donors (Lipinski definition) is 1. The van der Waals surface area contributed by atoms with Gasteiger partial charge >= 0.3 is 0 Å². The molecule has 9 heteroatoms. The number of rotatable bonds is 2. The molecule has 0 aliphatic carbocycles. The molecule has 1 aromatic carbocycles. The Morgan fingerprint density at radius 2 is 2.04 bits per heavy atom. The predicted octanol–water partition coefficient (Wildman–Crippen LogP) is 3.11. The van der Waals surface area contributed by atoms with E-state index >= 15 is 0 Å². The van der Waals surface area contributed by atoms with E-state index in [1.54, 1.807) is 18.5 Å². The quantitative estimate of drug-likeness (QED) is 0.737. The number of sulfonamides is 1. The van der Waals surface area contributed by atoms with Crippen LogP contribution in [0.2, 0.25) is 10.0 Å². The summed E-state index contributed by atoms with van der Waals surface area (Å²) in [7, 11) is -3.27. The Morgan fingerprint density at radius 1 is 1.25 bits per heavy atom. The maximum absolute atomic E-state index is 12.0. The molecule has 3 heterocycles. The average Bonchev–Trinajstić information content (AvgIpc) is 3.14. The molecule has 3 aromatic rings. The van der Waals surface area contributed by atoms with Crippen LogP contribution in [0.15, 0.2) is 24.5 Å². The Balaban J connectivity index is 2.05. The van der Waals surface area contributed by atoms with E-state index in [9.17, 15) is 8.42 Å². The summed E-state index contributed by atoms with van der Waals surface area (Å²) in [5.41, 5.74) is 3.56. The van der Waals surface area contributed by atoms with E-state index in [0.29, 0.717) is 29.7 Å². The van der Waals surface area contributed by atoms with Gasteiger partial charge in [0.2, 0.25) is 10.0 Å². The standard InChI is InChI=1S/C15H14Cl2N4O2S/c1-24(22,23)20-4-5-21-12(8-20)13(9-6-18-19-7-9)10-2-3-11(16)14(17)15(10)21/h2-3,6-7H,4-5,8H2,1H3,(H,18,19). The Bertz CT molecular complexity index is 1040. The Hall–Kier alpha value is -1.54. The van der Waals surface area contributed by atoms with E-state index in [-0.39, 0.29) is 0 Å². The molecule has 0 saturated heterocycles. The predicted molar refractivity (Wildman–Crippen MR) is 94.8 cm³/mol. The zero-order valence-electron chi connectivity index (χ0n) is 12.8. The highest BCUT2D eigenvalue weighted by Gasteiger charge is 2.30. The lowest BCUT2D eigenvalue weighted by molar-refractivity contribution is 0.348. The molecule has 126 valence electrons. The summed E-state index contributed by atoms with van der Waals surface area (Å²) in [4.78, 5) is 0. The smallest absolute Gasteiger partial charge is 0.211 e. The van der Waals surface area contributed by atoms with E-state index in [2.05, 4.69) is 14.8 Å². The number of nitrogens with one attached hydrogen (secondary N) is 1. The third-order valence-electron chi connectivity index (χ3n) is 4.38. The van der Waals surface area contributed by atoms with Crippen molar-refractivity contribution >= 4 is 44.1 Å². The first-order valence-corrected chi connectivity index (χ1v) is 9.91. The van der Waals surface area contributed by atoms with Crippen molar-refractivity contribution in [2.24, 2.45) is 0 Å². The van der Waals surface area contributed by atoms with Crippen molar-refractivity contribution in [3.63, 3.8) is 0 Å². The second kappa shape index (κ2) is 5.49. The summed E-state index contributed by atoms with van der Waals surface area (Å²) in [5.74, 6) is 0. The zero-order valence-corrected chi connectivity index (χ0v) is 15.1. The maximum atomic E-state index is 12.0. The number of H-pyrrole nitrogens is 1. The van der Waals surface area contributed by atoms with E-state index in [4.69, 9.17) is 23.2 Å². The molecule has 2 aromatic heterocycles. The molecule has 6 nitrogen and oxygen atoms in total. The molecule has 0 fully saturated rings. The Labute approximate surface area is 149 Å². The van der Waals surface area contributed by atoms with Crippen LogP contribution in [0.3, 0.4) is 0 Å². The number of benzene rings is 1. The third kappa shape index (κ3) is 2.35. The zero-order chi connectivity index (χ0) is 17.1. The van der Waals surface area contributed by atoms with Crippen LogP contribution in [0.4, 0.5) is 0 Å². The summed E-state index contributed by atoms with van der Waals surface area (Å²) in [6, 6.07) is 3.68. The first kappa shape index (κ1) is 16.0. The van der Waals surface area contributed by atoms with Gasteiger partial charge in [0.05, 0.1) is 34.6 Å². The van der Waals surface area contributed by atoms with E-state index in [0.717, 1.165) is 27.7 Å². The van der Waals surface area contributed by atoms with Crippen molar-refractivity contribution in [1.29, 1.82) is 0 Å². The van der Waals surface area contributed by atoms with Crippen LogP contribution in [0.25, 0.3) is 22.0 Å². The second-order valence-electron chi connectivity index (χ2n) is 5.81. The van der Waals surface area contributed by atoms with E-state index in [1.807, 2.05) is 6.07 Å². The number of nitrogens with zero attached hydrogens (tertiary/aromatic N) is 3. The lowest BCUT2D eigenvalue weighted by atomic mass is 10.0. The normalized spacial score (nSPS) is 15.8. The molecule has 4 rings (SSSR count). The van der Waals surface area contributed by atoms with Gasteiger partial charge in [0, 0.05) is 41.5 Å². The molecule has 0 amide bonds. The number of halogens is 2. The third-order valence-corrected chi connectivity index (χ3v) is 6.42. The number of aromatic nitrogens is 3. The Kier molecular flexibility index (Phi) is 3.65. The minimum atomic E-state index is -3.27. The van der Waals surface area contributed by atoms with Gasteiger partial charge in [-0.3, -0.25) is 5.10 Å². The topological polar surface area (TPSA) is 71.0 Å². The van der Waals surface area contributed by atoms with Crippen molar-refractivity contribution < 1.29 is 8.42 Å². The van der Waals surface area contributed by atoms with Crippen molar-refractivity contribution in [2.45, 2.75) is 13.1 Å². The molecule has 1 N–H and O–H groups in total. The van der Waals surface area contributed by atoms with Gasteiger partial charge in [-0.05, 0) is 6.07 Å². The lowest BCUT2D eigenvalue weighted by Crippen LogP contribution is -2.37. The van der Waals surface area contributed by atoms with Gasteiger partial charge < -0.3 is 4.57 Å². The van der Waals surface area contributed by atoms with Gasteiger partial charge in [-0.1, -0.05) is 29.3 Å². The van der Waals surface area contributed by atoms with Crippen LogP contribution in [-0.2, 0) is 23.1 Å². The fourth-order valence-corrected chi connectivity index (χ4v) is 4.48. The van der Waals surface area contributed by atoms with Crippen molar-refractivity contribution in [3.05, 3.63) is 40.3 Å². The highest BCUT2D eigenvalue weighted by atomic mass is 35.5. The van der Waals surface area contributed by atoms with E-state index in [1.165, 1.54) is 10.6 Å².